The summed E-state index contributed by atoms with van der Waals surface area (Å²) in [5, 5.41) is 15.0. The zero-order chi connectivity index (χ0) is 16.1. The van der Waals surface area contributed by atoms with Gasteiger partial charge in [0.25, 0.3) is 0 Å². The highest BCUT2D eigenvalue weighted by Crippen LogP contribution is 2.21. The van der Waals surface area contributed by atoms with Crippen molar-refractivity contribution in [1.29, 1.82) is 0 Å². The van der Waals surface area contributed by atoms with Gasteiger partial charge >= 0.3 is 5.13 Å². The molecule has 4 nitrogen and oxygen atoms in total. The number of nitrogens with one attached hydrogen (secondary N) is 1. The van der Waals surface area contributed by atoms with Crippen molar-refractivity contribution in [2.75, 3.05) is 5.32 Å². The number of benzene rings is 2. The Morgan fingerprint density at radius 3 is 2.33 bits per heavy atom. The van der Waals surface area contributed by atoms with Crippen molar-refractivity contribution >= 4 is 27.8 Å². The summed E-state index contributed by atoms with van der Waals surface area (Å²) in [4.78, 5) is 0. The van der Waals surface area contributed by atoms with Gasteiger partial charge in [-0.15, -0.1) is 0 Å². The summed E-state index contributed by atoms with van der Waals surface area (Å²) in [5.74, 6) is 0. The van der Waals surface area contributed by atoms with Crippen LogP contribution in [0.1, 0.15) is 11.3 Å². The summed E-state index contributed by atoms with van der Waals surface area (Å²) < 4.78 is 2.03. The number of anilines is 1. The van der Waals surface area contributed by atoms with E-state index in [9.17, 15) is 0 Å². The quantitative estimate of drug-likeness (QED) is 0.549. The summed E-state index contributed by atoms with van der Waals surface area (Å²) in [6, 6.07) is 18.3. The molecule has 0 saturated heterocycles. The van der Waals surface area contributed by atoms with E-state index in [4.69, 9.17) is 0 Å². The highest BCUT2D eigenvalue weighted by molar-refractivity contribution is 7.12. The van der Waals surface area contributed by atoms with E-state index in [2.05, 4.69) is 40.0 Å². The first-order valence-electron chi connectivity index (χ1n) is 7.46. The highest BCUT2D eigenvalue weighted by Gasteiger charge is 2.11. The Kier molecular flexibility index (Phi) is 6.46. The largest absolute Gasteiger partial charge is 1.00 e. The van der Waals surface area contributed by atoms with Crippen LogP contribution in [0.5, 0.6) is 0 Å². The second-order valence-electron chi connectivity index (χ2n) is 5.30. The lowest BCUT2D eigenvalue weighted by atomic mass is 10.2. The molecule has 1 N–H and O–H groups in total. The first kappa shape index (κ1) is 18.1. The van der Waals surface area contributed by atoms with Crippen molar-refractivity contribution in [2.45, 2.75) is 13.5 Å². The normalized spacial score (nSPS) is 10.6. The van der Waals surface area contributed by atoms with Gasteiger partial charge in [0.05, 0.1) is 12.2 Å². The van der Waals surface area contributed by atoms with Gasteiger partial charge in [0.15, 0.2) is 0 Å². The van der Waals surface area contributed by atoms with Gasteiger partial charge in [0.1, 0.15) is 11.4 Å². The first-order chi connectivity index (χ1) is 11.2. The Hall–Kier alpha value is -2.24. The van der Waals surface area contributed by atoms with Crippen molar-refractivity contribution in [3.8, 4) is 0 Å². The second kappa shape index (κ2) is 8.57. The Balaban J connectivity index is 0.00000208. The summed E-state index contributed by atoms with van der Waals surface area (Å²) in [6.07, 6.45) is 0. The number of rotatable bonds is 5. The van der Waals surface area contributed by atoms with Crippen molar-refractivity contribution in [3.63, 3.8) is 0 Å². The summed E-state index contributed by atoms with van der Waals surface area (Å²) in [5.41, 5.74) is 4.37. The van der Waals surface area contributed by atoms with Crippen LogP contribution in [0.4, 0.5) is 16.5 Å². The third-order valence-electron chi connectivity index (χ3n) is 3.61. The Morgan fingerprint density at radius 1 is 1.00 bits per heavy atom. The van der Waals surface area contributed by atoms with Gasteiger partial charge in [-0.05, 0) is 53.2 Å². The predicted octanol–water partition coefficient (Wildman–Crippen LogP) is 1.91. The number of aromatic nitrogens is 1. The molecule has 3 rings (SSSR count). The molecule has 0 radical (unpaired) electrons. The van der Waals surface area contributed by atoms with Crippen LogP contribution in [0.15, 0.2) is 70.2 Å². The van der Waals surface area contributed by atoms with Crippen molar-refractivity contribution in [1.82, 2.24) is 0 Å². The molecular weight excluding hydrogens is 340 g/mol. The Bertz CT molecular complexity index is 798. The van der Waals surface area contributed by atoms with Crippen LogP contribution < -0.4 is 22.3 Å². The molecule has 1 heterocycles. The van der Waals surface area contributed by atoms with Crippen LogP contribution >= 0.6 is 11.3 Å². The van der Waals surface area contributed by atoms with Gasteiger partial charge < -0.3 is 17.7 Å². The van der Waals surface area contributed by atoms with E-state index in [1.54, 1.807) is 11.3 Å². The minimum atomic E-state index is 0. The van der Waals surface area contributed by atoms with E-state index in [-0.39, 0.29) is 12.4 Å². The molecule has 0 aliphatic rings. The van der Waals surface area contributed by atoms with E-state index in [1.807, 2.05) is 54.1 Å². The van der Waals surface area contributed by atoms with Crippen molar-refractivity contribution < 1.29 is 17.0 Å². The number of halogens is 1. The van der Waals surface area contributed by atoms with E-state index >= 15 is 0 Å². The number of hydrogen-bond donors (Lipinski definition) is 1. The van der Waals surface area contributed by atoms with Gasteiger partial charge in [0, 0.05) is 17.6 Å². The fraction of sp³-hybridized carbons (Fsp3) is 0.167. The maximum atomic E-state index is 4.31. The average molecular weight is 359 g/mol. The zero-order valence-corrected chi connectivity index (χ0v) is 15.2. The van der Waals surface area contributed by atoms with Gasteiger partial charge in [-0.1, -0.05) is 30.3 Å². The molecule has 0 amide bonds. The minimum Gasteiger partial charge on any atom is -1.00 e. The minimum absolute atomic E-state index is 0. The van der Waals surface area contributed by atoms with E-state index < -0.39 is 0 Å². The van der Waals surface area contributed by atoms with Crippen LogP contribution in [-0.4, -0.2) is 0 Å². The number of nitrogens with zero attached hydrogens (tertiary/aromatic N) is 3. The maximum Gasteiger partial charge on any atom is 0.408 e. The van der Waals surface area contributed by atoms with Crippen LogP contribution in [0.3, 0.4) is 0 Å². The molecule has 0 aliphatic carbocycles. The molecule has 1 aromatic heterocycles. The SMILES string of the molecule is Cc1csc(/N=N/c2ccc(NCc3ccccc3)cc2)[n+]1C.[Cl-]. The molecule has 0 saturated carbocycles. The smallest absolute Gasteiger partial charge is 0.408 e. The fourth-order valence-electron chi connectivity index (χ4n) is 2.08. The fourth-order valence-corrected chi connectivity index (χ4v) is 2.91. The monoisotopic (exact) mass is 358 g/mol. The molecule has 0 bridgehead atoms. The summed E-state index contributed by atoms with van der Waals surface area (Å²) in [7, 11) is 2.00. The third kappa shape index (κ3) is 4.63. The van der Waals surface area contributed by atoms with Crippen LogP contribution in [0.25, 0.3) is 0 Å². The van der Waals surface area contributed by atoms with Crippen LogP contribution in [0, 0.1) is 6.92 Å². The van der Waals surface area contributed by atoms with Gasteiger partial charge in [0.2, 0.25) is 0 Å². The number of thiazole rings is 1. The molecular formula is C18H19ClN4S. The molecule has 0 atom stereocenters. The molecule has 6 heteroatoms. The van der Waals surface area contributed by atoms with Crippen LogP contribution in [0.2, 0.25) is 0 Å². The zero-order valence-electron chi connectivity index (χ0n) is 13.6. The molecule has 24 heavy (non-hydrogen) atoms. The average Bonchev–Trinajstić information content (AvgIpc) is 2.92. The topological polar surface area (TPSA) is 40.6 Å². The van der Waals surface area contributed by atoms with Crippen LogP contribution in [-0.2, 0) is 13.6 Å². The molecule has 0 fully saturated rings. The molecule has 2 aromatic carbocycles. The second-order valence-corrected chi connectivity index (χ2v) is 6.14. The van der Waals surface area contributed by atoms with E-state index in [0.29, 0.717) is 0 Å². The molecule has 0 aliphatic heterocycles. The lowest BCUT2D eigenvalue weighted by molar-refractivity contribution is -0.660. The third-order valence-corrected chi connectivity index (χ3v) is 4.63. The maximum absolute atomic E-state index is 4.31. The summed E-state index contributed by atoms with van der Waals surface area (Å²) >= 11 is 1.59. The van der Waals surface area contributed by atoms with Crippen molar-refractivity contribution in [3.05, 3.63) is 71.2 Å². The molecule has 0 spiro atoms. The number of azo groups is 1. The Morgan fingerprint density at radius 2 is 1.71 bits per heavy atom. The van der Waals surface area contributed by atoms with Gasteiger partial charge in [-0.2, -0.15) is 0 Å². The number of hydrogen-bond acceptors (Lipinski definition) is 4. The lowest BCUT2D eigenvalue weighted by Crippen LogP contribution is -3.00. The van der Waals surface area contributed by atoms with Gasteiger partial charge in [-0.25, -0.2) is 4.57 Å². The predicted molar refractivity (Wildman–Crippen MR) is 94.6 cm³/mol. The first-order valence-corrected chi connectivity index (χ1v) is 8.34. The van der Waals surface area contributed by atoms with E-state index in [0.717, 1.165) is 23.1 Å². The Labute approximate surface area is 152 Å². The standard InChI is InChI=1S/C18H18N4S.ClH/c1-14-13-23-18(22(14)2)21-20-17-10-8-16(9-11-17)19-12-15-6-4-3-5-7-15;/h3-11,13H,12H2,1-2H3;1H. The summed E-state index contributed by atoms with van der Waals surface area (Å²) in [6.45, 7) is 2.87. The molecule has 3 aromatic rings. The lowest BCUT2D eigenvalue weighted by Gasteiger charge is -2.05. The van der Waals surface area contributed by atoms with Crippen molar-refractivity contribution in [2.24, 2.45) is 17.3 Å². The van der Waals surface area contributed by atoms with E-state index in [1.165, 1.54) is 11.3 Å². The molecule has 0 unspecified atom stereocenters. The molecule has 124 valence electrons. The highest BCUT2D eigenvalue weighted by atomic mass is 35.5. The number of aryl methyl sites for hydroxylation is 1. The van der Waals surface area contributed by atoms with Gasteiger partial charge in [-0.3, -0.25) is 0 Å².